The lowest BCUT2D eigenvalue weighted by Gasteiger charge is -2.22. The lowest BCUT2D eigenvalue weighted by molar-refractivity contribution is 0.388. The Labute approximate surface area is 110 Å². The molecule has 1 fully saturated rings. The normalized spacial score (nSPS) is 23.5. The van der Waals surface area contributed by atoms with Gasteiger partial charge in [-0.3, -0.25) is 4.68 Å². The van der Waals surface area contributed by atoms with Crippen LogP contribution in [0.1, 0.15) is 51.1 Å². The highest BCUT2D eigenvalue weighted by atomic mass is 16.5. The van der Waals surface area contributed by atoms with Gasteiger partial charge in [0.05, 0.1) is 19.0 Å². The molecule has 1 aliphatic carbocycles. The van der Waals surface area contributed by atoms with Gasteiger partial charge in [-0.2, -0.15) is 5.10 Å². The predicted octanol–water partition coefficient (Wildman–Crippen LogP) is 2.55. The van der Waals surface area contributed by atoms with Crippen LogP contribution in [0.4, 0.5) is 0 Å². The Kier molecular flexibility index (Phi) is 4.64. The Morgan fingerprint density at radius 1 is 1.44 bits per heavy atom. The molecule has 0 saturated heterocycles. The standard InChI is InChI=1S/C14H25N3O/c1-4-9-15-12-8-6-7-11(12)14-13(18-3)10-16-17(14)5-2/h10-12,15H,4-9H2,1-3H3. The van der Waals surface area contributed by atoms with E-state index in [1.54, 1.807) is 7.11 Å². The Balaban J connectivity index is 2.20. The van der Waals surface area contributed by atoms with Crippen LogP contribution >= 0.6 is 0 Å². The first kappa shape index (κ1) is 13.4. The van der Waals surface area contributed by atoms with Crippen molar-refractivity contribution in [3.05, 3.63) is 11.9 Å². The molecule has 4 heteroatoms. The summed E-state index contributed by atoms with van der Waals surface area (Å²) < 4.78 is 7.57. The number of nitrogens with zero attached hydrogens (tertiary/aromatic N) is 2. The third-order valence-corrected chi connectivity index (χ3v) is 3.89. The smallest absolute Gasteiger partial charge is 0.160 e. The quantitative estimate of drug-likeness (QED) is 0.844. The third kappa shape index (κ3) is 2.53. The zero-order valence-corrected chi connectivity index (χ0v) is 11.8. The molecule has 2 rings (SSSR count). The first-order valence-electron chi connectivity index (χ1n) is 7.14. The molecule has 1 aliphatic rings. The molecule has 0 spiro atoms. The van der Waals surface area contributed by atoms with Gasteiger partial charge in [0.2, 0.25) is 0 Å². The first-order chi connectivity index (χ1) is 8.81. The van der Waals surface area contributed by atoms with Crippen LogP contribution in [0, 0.1) is 0 Å². The summed E-state index contributed by atoms with van der Waals surface area (Å²) in [5.41, 5.74) is 1.28. The summed E-state index contributed by atoms with van der Waals surface area (Å²) in [6.45, 7) is 6.37. The molecule has 0 radical (unpaired) electrons. The highest BCUT2D eigenvalue weighted by molar-refractivity contribution is 5.31. The van der Waals surface area contributed by atoms with Gasteiger partial charge in [-0.05, 0) is 32.7 Å². The van der Waals surface area contributed by atoms with Gasteiger partial charge >= 0.3 is 0 Å². The van der Waals surface area contributed by atoms with Crippen LogP contribution in [0.3, 0.4) is 0 Å². The van der Waals surface area contributed by atoms with Crippen molar-refractivity contribution in [2.45, 2.75) is 58.0 Å². The summed E-state index contributed by atoms with van der Waals surface area (Å²) in [6.07, 6.45) is 6.84. The van der Waals surface area contributed by atoms with Gasteiger partial charge in [0.15, 0.2) is 5.75 Å². The summed E-state index contributed by atoms with van der Waals surface area (Å²) in [4.78, 5) is 0. The van der Waals surface area contributed by atoms with Crippen molar-refractivity contribution in [1.29, 1.82) is 0 Å². The van der Waals surface area contributed by atoms with E-state index >= 15 is 0 Å². The van der Waals surface area contributed by atoms with E-state index in [1.165, 1.54) is 31.4 Å². The van der Waals surface area contributed by atoms with Gasteiger partial charge in [0.25, 0.3) is 0 Å². The number of rotatable bonds is 6. The second-order valence-electron chi connectivity index (χ2n) is 5.01. The number of hydrogen-bond acceptors (Lipinski definition) is 3. The minimum atomic E-state index is 0.550. The van der Waals surface area contributed by atoms with Crippen molar-refractivity contribution >= 4 is 0 Å². The minimum absolute atomic E-state index is 0.550. The van der Waals surface area contributed by atoms with E-state index in [2.05, 4.69) is 28.9 Å². The monoisotopic (exact) mass is 251 g/mol. The highest BCUT2D eigenvalue weighted by Gasteiger charge is 2.32. The van der Waals surface area contributed by atoms with E-state index in [9.17, 15) is 0 Å². The zero-order valence-electron chi connectivity index (χ0n) is 11.8. The molecule has 0 bridgehead atoms. The molecule has 1 N–H and O–H groups in total. The SMILES string of the molecule is CCCNC1CCCC1c1c(OC)cnn1CC. The summed E-state index contributed by atoms with van der Waals surface area (Å²) in [7, 11) is 1.74. The number of aromatic nitrogens is 2. The second-order valence-corrected chi connectivity index (χ2v) is 5.01. The average molecular weight is 251 g/mol. The maximum absolute atomic E-state index is 5.48. The van der Waals surface area contributed by atoms with Crippen LogP contribution in [-0.4, -0.2) is 29.5 Å². The van der Waals surface area contributed by atoms with Gasteiger partial charge in [-0.25, -0.2) is 0 Å². The fraction of sp³-hybridized carbons (Fsp3) is 0.786. The van der Waals surface area contributed by atoms with Gasteiger partial charge in [0, 0.05) is 18.5 Å². The van der Waals surface area contributed by atoms with E-state index in [0.29, 0.717) is 12.0 Å². The molecule has 2 atom stereocenters. The van der Waals surface area contributed by atoms with Gasteiger partial charge < -0.3 is 10.1 Å². The number of methoxy groups -OCH3 is 1. The summed E-state index contributed by atoms with van der Waals surface area (Å²) in [5, 5.41) is 8.10. The Morgan fingerprint density at radius 3 is 2.94 bits per heavy atom. The number of ether oxygens (including phenoxy) is 1. The van der Waals surface area contributed by atoms with Crippen LogP contribution in [0.5, 0.6) is 5.75 Å². The number of aryl methyl sites for hydroxylation is 1. The first-order valence-corrected chi connectivity index (χ1v) is 7.14. The molecule has 1 aromatic heterocycles. The maximum atomic E-state index is 5.48. The maximum Gasteiger partial charge on any atom is 0.160 e. The molecular formula is C14H25N3O. The third-order valence-electron chi connectivity index (χ3n) is 3.89. The lowest BCUT2D eigenvalue weighted by Crippen LogP contribution is -2.32. The molecule has 102 valence electrons. The van der Waals surface area contributed by atoms with Crippen LogP contribution in [0.15, 0.2) is 6.20 Å². The zero-order chi connectivity index (χ0) is 13.0. The van der Waals surface area contributed by atoms with Crippen molar-refractivity contribution < 1.29 is 4.74 Å². The highest BCUT2D eigenvalue weighted by Crippen LogP contribution is 2.38. The fourth-order valence-electron chi connectivity index (χ4n) is 3.02. The molecule has 0 aromatic carbocycles. The van der Waals surface area contributed by atoms with E-state index < -0.39 is 0 Å². The van der Waals surface area contributed by atoms with Crippen LogP contribution in [0.2, 0.25) is 0 Å². The molecule has 0 amide bonds. The van der Waals surface area contributed by atoms with E-state index in [-0.39, 0.29) is 0 Å². The van der Waals surface area contributed by atoms with Crippen LogP contribution in [-0.2, 0) is 6.54 Å². The molecular weight excluding hydrogens is 226 g/mol. The van der Waals surface area contributed by atoms with E-state index in [4.69, 9.17) is 4.74 Å². The van der Waals surface area contributed by atoms with Crippen LogP contribution < -0.4 is 10.1 Å². The van der Waals surface area contributed by atoms with E-state index in [0.717, 1.165) is 18.8 Å². The lowest BCUT2D eigenvalue weighted by atomic mass is 9.98. The largest absolute Gasteiger partial charge is 0.493 e. The molecule has 1 saturated carbocycles. The van der Waals surface area contributed by atoms with Crippen molar-refractivity contribution in [3.8, 4) is 5.75 Å². The fourth-order valence-corrected chi connectivity index (χ4v) is 3.02. The van der Waals surface area contributed by atoms with Crippen LogP contribution in [0.25, 0.3) is 0 Å². The molecule has 4 nitrogen and oxygen atoms in total. The van der Waals surface area contributed by atoms with Gasteiger partial charge in [-0.1, -0.05) is 13.3 Å². The van der Waals surface area contributed by atoms with E-state index in [1.807, 2.05) is 6.20 Å². The summed E-state index contributed by atoms with van der Waals surface area (Å²) >= 11 is 0. The molecule has 1 heterocycles. The number of nitrogens with one attached hydrogen (secondary N) is 1. The minimum Gasteiger partial charge on any atom is -0.493 e. The summed E-state index contributed by atoms with van der Waals surface area (Å²) in [5.74, 6) is 1.50. The predicted molar refractivity (Wildman–Crippen MR) is 73.1 cm³/mol. The van der Waals surface area contributed by atoms with Gasteiger partial charge in [0.1, 0.15) is 0 Å². The summed E-state index contributed by atoms with van der Waals surface area (Å²) in [6, 6.07) is 0.584. The topological polar surface area (TPSA) is 39.1 Å². The Bertz CT molecular complexity index is 354. The van der Waals surface area contributed by atoms with Crippen molar-refractivity contribution in [2.24, 2.45) is 0 Å². The van der Waals surface area contributed by atoms with Gasteiger partial charge in [-0.15, -0.1) is 0 Å². The molecule has 0 aliphatic heterocycles. The number of hydrogen-bond donors (Lipinski definition) is 1. The molecule has 1 aromatic rings. The Hall–Kier alpha value is -1.03. The van der Waals surface area contributed by atoms with Crippen molar-refractivity contribution in [2.75, 3.05) is 13.7 Å². The second kappa shape index (κ2) is 6.23. The molecule has 18 heavy (non-hydrogen) atoms. The Morgan fingerprint density at radius 2 is 2.28 bits per heavy atom. The average Bonchev–Trinajstić information content (AvgIpc) is 3.01. The van der Waals surface area contributed by atoms with Crippen molar-refractivity contribution in [3.63, 3.8) is 0 Å². The van der Waals surface area contributed by atoms with Crippen molar-refractivity contribution in [1.82, 2.24) is 15.1 Å². The molecule has 2 unspecified atom stereocenters.